The minimum atomic E-state index is -3.79. The van der Waals surface area contributed by atoms with Crippen molar-refractivity contribution in [1.82, 2.24) is 9.21 Å². The van der Waals surface area contributed by atoms with Crippen molar-refractivity contribution in [3.05, 3.63) is 23.8 Å². The summed E-state index contributed by atoms with van der Waals surface area (Å²) in [5.74, 6) is -0.734. The van der Waals surface area contributed by atoms with Gasteiger partial charge in [-0.25, -0.2) is 13.2 Å². The van der Waals surface area contributed by atoms with Crippen LogP contribution < -0.4 is 5.73 Å². The molecule has 21 heavy (non-hydrogen) atoms. The van der Waals surface area contributed by atoms with Gasteiger partial charge >= 0.3 is 5.97 Å². The van der Waals surface area contributed by atoms with E-state index >= 15 is 0 Å². The zero-order chi connectivity index (χ0) is 16.2. The van der Waals surface area contributed by atoms with Gasteiger partial charge in [0.05, 0.1) is 17.6 Å². The summed E-state index contributed by atoms with van der Waals surface area (Å²) in [6, 6.07) is 4.07. The lowest BCUT2D eigenvalue weighted by atomic mass is 10.2. The Balaban J connectivity index is 3.22. The van der Waals surface area contributed by atoms with Crippen molar-refractivity contribution in [2.24, 2.45) is 0 Å². The number of likely N-dealkylation sites (N-methyl/N-ethyl adjacent to an activating group) is 2. The van der Waals surface area contributed by atoms with E-state index in [4.69, 9.17) is 5.73 Å². The molecule has 7 nitrogen and oxygen atoms in total. The average molecular weight is 315 g/mol. The maximum absolute atomic E-state index is 12.6. The summed E-state index contributed by atoms with van der Waals surface area (Å²) < 4.78 is 30.9. The molecule has 0 aliphatic rings. The van der Waals surface area contributed by atoms with Gasteiger partial charge in [-0.15, -0.1) is 0 Å². The number of hydrogen-bond donors (Lipinski definition) is 1. The van der Waals surface area contributed by atoms with Gasteiger partial charge < -0.3 is 15.4 Å². The van der Waals surface area contributed by atoms with E-state index in [1.165, 1.54) is 36.7 Å². The van der Waals surface area contributed by atoms with Crippen molar-refractivity contribution in [2.75, 3.05) is 47.1 Å². The highest BCUT2D eigenvalue weighted by molar-refractivity contribution is 7.89. The summed E-state index contributed by atoms with van der Waals surface area (Å²) >= 11 is 0. The molecule has 0 spiro atoms. The minimum Gasteiger partial charge on any atom is -0.465 e. The minimum absolute atomic E-state index is 0.0609. The van der Waals surface area contributed by atoms with Crippen molar-refractivity contribution in [3.63, 3.8) is 0 Å². The molecule has 8 heteroatoms. The number of nitrogen functional groups attached to an aromatic ring is 1. The fourth-order valence-corrected chi connectivity index (χ4v) is 2.99. The Morgan fingerprint density at radius 2 is 1.86 bits per heavy atom. The van der Waals surface area contributed by atoms with Crippen molar-refractivity contribution in [1.29, 1.82) is 0 Å². The second-order valence-electron chi connectivity index (χ2n) is 4.88. The smallest absolute Gasteiger partial charge is 0.339 e. The van der Waals surface area contributed by atoms with Gasteiger partial charge in [0.1, 0.15) is 0 Å². The average Bonchev–Trinajstić information content (AvgIpc) is 2.43. The number of carbonyl (C=O) groups excluding carboxylic acids is 1. The Bertz CT molecular complexity index is 614. The van der Waals surface area contributed by atoms with Crippen LogP contribution in [0.2, 0.25) is 0 Å². The Labute approximate surface area is 125 Å². The van der Waals surface area contributed by atoms with Crippen LogP contribution in [0.1, 0.15) is 10.4 Å². The number of sulfonamides is 1. The van der Waals surface area contributed by atoms with E-state index in [-0.39, 0.29) is 10.5 Å². The molecule has 1 rings (SSSR count). The number of nitrogens with zero attached hydrogens (tertiary/aromatic N) is 2. The molecule has 2 N–H and O–H groups in total. The SMILES string of the molecule is COC(=O)c1cc(N)ccc1S(=O)(=O)N(C)CCN(C)C. The summed E-state index contributed by atoms with van der Waals surface area (Å²) in [4.78, 5) is 13.5. The number of hydrogen-bond acceptors (Lipinski definition) is 6. The van der Waals surface area contributed by atoms with Crippen molar-refractivity contribution >= 4 is 21.7 Å². The van der Waals surface area contributed by atoms with Crippen LogP contribution in [0, 0.1) is 0 Å². The van der Waals surface area contributed by atoms with Gasteiger partial charge in [-0.05, 0) is 32.3 Å². The molecule has 118 valence electrons. The zero-order valence-corrected chi connectivity index (χ0v) is 13.5. The Kier molecular flexibility index (Phi) is 5.70. The molecule has 1 aromatic carbocycles. The van der Waals surface area contributed by atoms with Crippen LogP contribution in [0.5, 0.6) is 0 Å². The fraction of sp³-hybridized carbons (Fsp3) is 0.462. The predicted molar refractivity (Wildman–Crippen MR) is 80.6 cm³/mol. The standard InChI is InChI=1S/C13H21N3O4S/c1-15(2)7-8-16(3)21(18,19)12-6-5-10(14)9-11(12)13(17)20-4/h5-6,9H,7-8,14H2,1-4H3. The van der Waals surface area contributed by atoms with Gasteiger partial charge in [0.25, 0.3) is 0 Å². The lowest BCUT2D eigenvalue weighted by Gasteiger charge is -2.20. The number of ether oxygens (including phenoxy) is 1. The van der Waals surface area contributed by atoms with Crippen molar-refractivity contribution in [3.8, 4) is 0 Å². The molecule has 0 aliphatic heterocycles. The first kappa shape index (κ1) is 17.4. The Morgan fingerprint density at radius 3 is 2.38 bits per heavy atom. The maximum atomic E-state index is 12.6. The van der Waals surface area contributed by atoms with E-state index in [0.29, 0.717) is 18.8 Å². The first-order valence-corrected chi connectivity index (χ1v) is 7.73. The topological polar surface area (TPSA) is 92.9 Å². The number of esters is 1. The molecular formula is C13H21N3O4S. The van der Waals surface area contributed by atoms with E-state index in [1.807, 2.05) is 19.0 Å². The fourth-order valence-electron chi connectivity index (χ4n) is 1.67. The van der Waals surface area contributed by atoms with Gasteiger partial charge in [-0.3, -0.25) is 0 Å². The molecule has 1 aromatic rings. The predicted octanol–water partition coefficient (Wildman–Crippen LogP) is 0.238. The van der Waals surface area contributed by atoms with Crippen molar-refractivity contribution in [2.45, 2.75) is 4.90 Å². The van der Waals surface area contributed by atoms with Crippen LogP contribution in [0.3, 0.4) is 0 Å². The first-order chi connectivity index (χ1) is 9.70. The second kappa shape index (κ2) is 6.88. The highest BCUT2D eigenvalue weighted by Gasteiger charge is 2.27. The summed E-state index contributed by atoms with van der Waals surface area (Å²) in [5.41, 5.74) is 5.85. The number of benzene rings is 1. The molecule has 0 aromatic heterocycles. The van der Waals surface area contributed by atoms with Gasteiger partial charge in [0.2, 0.25) is 10.0 Å². The summed E-state index contributed by atoms with van der Waals surface area (Å²) in [6.45, 7) is 0.874. The summed E-state index contributed by atoms with van der Waals surface area (Å²) in [6.07, 6.45) is 0. The van der Waals surface area contributed by atoms with Gasteiger partial charge in [0, 0.05) is 25.8 Å². The number of nitrogens with two attached hydrogens (primary N) is 1. The highest BCUT2D eigenvalue weighted by Crippen LogP contribution is 2.22. The van der Waals surface area contributed by atoms with Gasteiger partial charge in [0.15, 0.2) is 0 Å². The third-order valence-corrected chi connectivity index (χ3v) is 4.87. The van der Waals surface area contributed by atoms with Gasteiger partial charge in [-0.1, -0.05) is 0 Å². The lowest BCUT2D eigenvalue weighted by molar-refractivity contribution is 0.0596. The molecule has 0 amide bonds. The van der Waals surface area contributed by atoms with Crippen LogP contribution in [-0.2, 0) is 14.8 Å². The zero-order valence-electron chi connectivity index (χ0n) is 12.7. The second-order valence-corrected chi connectivity index (χ2v) is 6.89. The molecular weight excluding hydrogens is 294 g/mol. The van der Waals surface area contributed by atoms with Crippen LogP contribution >= 0.6 is 0 Å². The summed E-state index contributed by atoms with van der Waals surface area (Å²) in [7, 11) is 2.58. The largest absolute Gasteiger partial charge is 0.465 e. The van der Waals surface area contributed by atoms with Gasteiger partial charge in [-0.2, -0.15) is 4.31 Å². The van der Waals surface area contributed by atoms with Crippen LogP contribution in [0.15, 0.2) is 23.1 Å². The van der Waals surface area contributed by atoms with Crippen LogP contribution in [-0.4, -0.2) is 64.9 Å². The Morgan fingerprint density at radius 1 is 1.24 bits per heavy atom. The number of carbonyl (C=O) groups is 1. The molecule has 0 saturated heterocycles. The normalized spacial score (nSPS) is 11.9. The third-order valence-electron chi connectivity index (χ3n) is 2.96. The monoisotopic (exact) mass is 315 g/mol. The van der Waals surface area contributed by atoms with E-state index in [1.54, 1.807) is 0 Å². The quantitative estimate of drug-likeness (QED) is 0.597. The van der Waals surface area contributed by atoms with E-state index in [2.05, 4.69) is 4.74 Å². The molecule has 0 fully saturated rings. The lowest BCUT2D eigenvalue weighted by Crippen LogP contribution is -2.34. The number of methoxy groups -OCH3 is 1. The molecule has 0 bridgehead atoms. The third kappa shape index (κ3) is 4.16. The Hall–Kier alpha value is -1.64. The first-order valence-electron chi connectivity index (χ1n) is 6.29. The molecule has 0 atom stereocenters. The number of anilines is 1. The number of rotatable bonds is 6. The highest BCUT2D eigenvalue weighted by atomic mass is 32.2. The van der Waals surface area contributed by atoms with E-state index in [0.717, 1.165) is 0 Å². The van der Waals surface area contributed by atoms with E-state index < -0.39 is 16.0 Å². The van der Waals surface area contributed by atoms with E-state index in [9.17, 15) is 13.2 Å². The summed E-state index contributed by atoms with van der Waals surface area (Å²) in [5, 5.41) is 0. The maximum Gasteiger partial charge on any atom is 0.339 e. The molecule has 0 heterocycles. The molecule has 0 unspecified atom stereocenters. The molecule has 0 aliphatic carbocycles. The molecule has 0 saturated carbocycles. The van der Waals surface area contributed by atoms with Crippen LogP contribution in [0.4, 0.5) is 5.69 Å². The van der Waals surface area contributed by atoms with Crippen molar-refractivity contribution < 1.29 is 17.9 Å². The van der Waals surface area contributed by atoms with Crippen LogP contribution in [0.25, 0.3) is 0 Å². The molecule has 0 radical (unpaired) electrons.